The third-order valence-corrected chi connectivity index (χ3v) is 15.5. The van der Waals surface area contributed by atoms with E-state index in [0.29, 0.717) is 30.2 Å². The standard InChI is InChI=1S/C45H32N10O25S6/c1-17(56)47-20-3-6-27(32(13-20)82-78-74-64)50-55-41-36(86(70,71)72)11-19-9-31(81-77-73-63)28(14-24(19)43(41)59)51-52-29-16-35(85(67,68)69)26-15-34(84-80-76-66)40(44(60)37(26)38(29)46)54-48-21-2-5-23-18(8-21)10-33(83-79-75-65)39(42(23)58)53-49-22-4-7-30(57)25(12-22)45(61)62/h2-16,57-60,63-66H,46H2,1H3,(H,47,56)(H,61,62)(H,67,68,69)(H,70,71,72). The second-order valence-electron chi connectivity index (χ2n) is 16.4. The number of aromatic hydroxyl groups is 4. The fraction of sp³-hybridized carbons (Fsp3) is 0.0222. The third-order valence-electron chi connectivity index (χ3n) is 11.2. The summed E-state index contributed by atoms with van der Waals surface area (Å²) >= 11 is 1.07. The molecule has 0 fully saturated rings. The van der Waals surface area contributed by atoms with Gasteiger partial charge < -0.3 is 36.6 Å². The van der Waals surface area contributed by atoms with Gasteiger partial charge in [0.15, 0.2) is 17.2 Å². The van der Waals surface area contributed by atoms with Crippen LogP contribution in [0.2, 0.25) is 0 Å². The Morgan fingerprint density at radius 1 is 0.500 bits per heavy atom. The number of rotatable bonds is 24. The maximum absolute atomic E-state index is 13.1. The highest BCUT2D eigenvalue weighted by Crippen LogP contribution is 2.52. The number of anilines is 2. The van der Waals surface area contributed by atoms with E-state index in [1.807, 2.05) is 0 Å². The van der Waals surface area contributed by atoms with Crippen LogP contribution in [0.3, 0.4) is 0 Å². The lowest BCUT2D eigenvalue weighted by atomic mass is 10.0. The summed E-state index contributed by atoms with van der Waals surface area (Å²) in [5.74, 6) is -4.99. The molecular formula is C45H32N10O25S6. The van der Waals surface area contributed by atoms with Crippen molar-refractivity contribution < 1.29 is 120 Å². The predicted octanol–water partition coefficient (Wildman–Crippen LogP) is 13.1. The summed E-state index contributed by atoms with van der Waals surface area (Å²) in [6, 6.07) is 17.1. The molecule has 0 spiro atoms. The van der Waals surface area contributed by atoms with E-state index in [4.69, 9.17) is 26.8 Å². The average Bonchev–Trinajstić information content (AvgIpc) is 1.01. The van der Waals surface area contributed by atoms with Crippen molar-refractivity contribution >= 4 is 169 Å². The summed E-state index contributed by atoms with van der Waals surface area (Å²) < 4.78 is 90.7. The number of nitrogen functional groups attached to an aromatic ring is 1. The Hall–Kier alpha value is -8.38. The molecule has 0 aromatic heterocycles. The quantitative estimate of drug-likeness (QED) is 0.00667. The predicted molar refractivity (Wildman–Crippen MR) is 296 cm³/mol. The average molecular weight is 1310 g/mol. The Morgan fingerprint density at radius 3 is 1.62 bits per heavy atom. The summed E-state index contributed by atoms with van der Waals surface area (Å²) in [5, 5.41) is 138. The van der Waals surface area contributed by atoms with Gasteiger partial charge in [0.25, 0.3) is 20.2 Å². The van der Waals surface area contributed by atoms with E-state index >= 15 is 0 Å². The van der Waals surface area contributed by atoms with Gasteiger partial charge in [0, 0.05) is 28.8 Å². The summed E-state index contributed by atoms with van der Waals surface area (Å²) in [6.07, 6.45) is 0. The molecule has 0 saturated heterocycles. The van der Waals surface area contributed by atoms with Crippen LogP contribution in [0, 0.1) is 0 Å². The molecule has 35 nitrogen and oxygen atoms in total. The number of hydrogen-bond donors (Lipinski definition) is 13. The fourth-order valence-corrected chi connectivity index (χ4v) is 10.9. The van der Waals surface area contributed by atoms with Crippen LogP contribution >= 0.6 is 48.2 Å². The van der Waals surface area contributed by atoms with Crippen molar-refractivity contribution in [1.82, 2.24) is 0 Å². The lowest BCUT2D eigenvalue weighted by Gasteiger charge is -2.15. The van der Waals surface area contributed by atoms with Crippen molar-refractivity contribution in [2.75, 3.05) is 11.1 Å². The molecule has 0 aliphatic rings. The van der Waals surface area contributed by atoms with Gasteiger partial charge in [-0.15, -0.1) is 48.0 Å². The number of carboxylic acids is 1. The van der Waals surface area contributed by atoms with Crippen LogP contribution in [0.4, 0.5) is 56.9 Å². The molecule has 0 saturated carbocycles. The first-order chi connectivity index (χ1) is 40.9. The molecule has 448 valence electrons. The van der Waals surface area contributed by atoms with Gasteiger partial charge in [0.2, 0.25) is 5.91 Å². The molecule has 0 unspecified atom stereocenters. The van der Waals surface area contributed by atoms with Gasteiger partial charge in [0.05, 0.1) is 90.2 Å². The summed E-state index contributed by atoms with van der Waals surface area (Å²) in [6.45, 7) is 1.22. The largest absolute Gasteiger partial charge is 0.507 e. The highest BCUT2D eigenvalue weighted by atomic mass is 32.2. The van der Waals surface area contributed by atoms with Gasteiger partial charge >= 0.3 is 5.97 Å². The van der Waals surface area contributed by atoms with Gasteiger partial charge in [-0.25, -0.2) is 25.8 Å². The minimum atomic E-state index is -5.33. The molecule has 0 aliphatic heterocycles. The van der Waals surface area contributed by atoms with E-state index in [2.05, 4.69) is 83.7 Å². The fourth-order valence-electron chi connectivity index (χ4n) is 7.66. The lowest BCUT2D eigenvalue weighted by molar-refractivity contribution is -0.432. The Balaban J connectivity index is 1.23. The first-order valence-corrected chi connectivity index (χ1v) is 28.2. The number of carbonyl (C=O) groups is 2. The number of amides is 1. The van der Waals surface area contributed by atoms with Crippen LogP contribution in [0.5, 0.6) is 23.0 Å². The number of nitrogens with one attached hydrogen (secondary N) is 1. The van der Waals surface area contributed by atoms with Crippen molar-refractivity contribution in [2.45, 2.75) is 36.3 Å². The van der Waals surface area contributed by atoms with E-state index in [1.54, 1.807) is 0 Å². The van der Waals surface area contributed by atoms with Crippen molar-refractivity contribution in [3.8, 4) is 23.0 Å². The van der Waals surface area contributed by atoms with Gasteiger partial charge in [-0.2, -0.15) is 27.1 Å². The number of hydrogen-bond acceptors (Lipinski definition) is 35. The number of nitrogens with zero attached hydrogens (tertiary/aromatic N) is 8. The van der Waals surface area contributed by atoms with Gasteiger partial charge in [-0.3, -0.25) is 13.9 Å². The first kappa shape index (κ1) is 63.6. The van der Waals surface area contributed by atoms with Crippen LogP contribution in [0.1, 0.15) is 17.3 Å². The minimum Gasteiger partial charge on any atom is -0.507 e. The van der Waals surface area contributed by atoms with Crippen molar-refractivity contribution in [3.05, 3.63) is 96.6 Å². The summed E-state index contributed by atoms with van der Waals surface area (Å²) in [4.78, 5) is 20.6. The Morgan fingerprint density at radius 2 is 1.01 bits per heavy atom. The van der Waals surface area contributed by atoms with E-state index in [9.17, 15) is 61.1 Å². The number of azo groups is 4. The SMILES string of the molecule is CC(=O)Nc1ccc(N=Nc2c(S(=O)(=O)O)cc3cc(SOOO)c(N=Nc4cc(S(=O)(=O)O)c5cc(SOOO)c(N=Nc6ccc7c(O)c(N=Nc8ccc(O)c(C(=O)O)c8)c(SOOO)cc7c6)c(O)c5c4N)cc3c2O)c(SOOO)c1. The number of aromatic carboxylic acids is 1. The Labute approximate surface area is 494 Å². The summed E-state index contributed by atoms with van der Waals surface area (Å²) in [7, 11) is -10.6. The molecule has 0 heterocycles. The molecule has 0 aliphatic carbocycles. The topological polar surface area (TPSA) is 536 Å². The van der Waals surface area contributed by atoms with Gasteiger partial charge in [-0.05, 0) is 102 Å². The van der Waals surface area contributed by atoms with Crippen LogP contribution in [-0.2, 0) is 62.5 Å². The van der Waals surface area contributed by atoms with Crippen LogP contribution in [0.15, 0.2) is 161 Å². The van der Waals surface area contributed by atoms with E-state index in [1.165, 1.54) is 55.5 Å². The van der Waals surface area contributed by atoms with Crippen molar-refractivity contribution in [1.29, 1.82) is 0 Å². The molecule has 14 N–H and O–H groups in total. The molecule has 1 amide bonds. The molecule has 0 radical (unpaired) electrons. The maximum Gasteiger partial charge on any atom is 0.339 e. The number of fused-ring (bicyclic) bond motifs is 3. The second kappa shape index (κ2) is 27.3. The molecule has 0 atom stereocenters. The zero-order chi connectivity index (χ0) is 62.2. The minimum absolute atomic E-state index is 0.00238. The Kier molecular flexibility index (Phi) is 20.2. The van der Waals surface area contributed by atoms with E-state index < -0.39 is 104 Å². The first-order valence-electron chi connectivity index (χ1n) is 22.4. The highest BCUT2D eigenvalue weighted by molar-refractivity contribution is 7.95. The molecule has 41 heteroatoms. The van der Waals surface area contributed by atoms with Crippen LogP contribution in [0.25, 0.3) is 32.3 Å². The maximum atomic E-state index is 13.1. The van der Waals surface area contributed by atoms with Crippen molar-refractivity contribution in [3.63, 3.8) is 0 Å². The number of carboxylic acid groups (broad SMARTS) is 1. The summed E-state index contributed by atoms with van der Waals surface area (Å²) in [5.41, 5.74) is 2.74. The Bertz CT molecular complexity index is 4390. The third kappa shape index (κ3) is 14.5. The van der Waals surface area contributed by atoms with Gasteiger partial charge in [0.1, 0.15) is 55.2 Å². The zero-order valence-electron chi connectivity index (χ0n) is 41.9. The number of nitrogens with two attached hydrogens (primary N) is 1. The monoisotopic (exact) mass is 1300 g/mol. The van der Waals surface area contributed by atoms with Crippen molar-refractivity contribution in [2.24, 2.45) is 40.9 Å². The normalized spacial score (nSPS) is 12.4. The lowest BCUT2D eigenvalue weighted by Crippen LogP contribution is -2.05. The number of phenolic OH excluding ortho intramolecular Hbond substituents is 3. The molecule has 0 bridgehead atoms. The number of phenols is 4. The van der Waals surface area contributed by atoms with E-state index in [-0.39, 0.29) is 99.3 Å². The molecule has 8 rings (SSSR count). The van der Waals surface area contributed by atoms with Crippen LogP contribution in [-0.4, -0.2) is 84.4 Å². The smallest absolute Gasteiger partial charge is 0.339 e. The van der Waals surface area contributed by atoms with Gasteiger partial charge in [-0.1, -0.05) is 20.2 Å². The van der Waals surface area contributed by atoms with E-state index in [0.717, 1.165) is 36.4 Å². The zero-order valence-corrected chi connectivity index (χ0v) is 46.8. The highest BCUT2D eigenvalue weighted by Gasteiger charge is 2.28. The molecule has 86 heavy (non-hydrogen) atoms. The number of benzene rings is 8. The second-order valence-corrected chi connectivity index (χ2v) is 22.2. The molecule has 8 aromatic rings. The molecule has 8 aromatic carbocycles. The van der Waals surface area contributed by atoms with Crippen LogP contribution < -0.4 is 11.1 Å². The number of carbonyl (C=O) groups excluding carboxylic acids is 1. The molecular weight excluding hydrogens is 1270 g/mol.